The summed E-state index contributed by atoms with van der Waals surface area (Å²) in [6, 6.07) is 14.3. The van der Waals surface area contributed by atoms with Crippen LogP contribution in [0.4, 0.5) is 5.69 Å². The van der Waals surface area contributed by atoms with Gasteiger partial charge in [0.2, 0.25) is 11.8 Å². The Morgan fingerprint density at radius 2 is 1.94 bits per heavy atom. The van der Waals surface area contributed by atoms with Crippen molar-refractivity contribution in [2.45, 2.75) is 38.8 Å². The molecule has 1 aromatic heterocycles. The zero-order chi connectivity index (χ0) is 23.6. The molecule has 0 aliphatic carbocycles. The van der Waals surface area contributed by atoms with Crippen LogP contribution in [0.5, 0.6) is 0 Å². The first-order valence-electron chi connectivity index (χ1n) is 10.6. The minimum atomic E-state index is -1.24. The summed E-state index contributed by atoms with van der Waals surface area (Å²) < 4.78 is 6.78. The number of piperidine rings is 1. The topological polar surface area (TPSA) is 119 Å². The Labute approximate surface area is 189 Å². The highest BCUT2D eigenvalue weighted by atomic mass is 16.5. The number of fused-ring (bicyclic) bond motifs is 1. The van der Waals surface area contributed by atoms with Gasteiger partial charge < -0.3 is 10.1 Å². The predicted octanol–water partition coefficient (Wildman–Crippen LogP) is 2.01. The van der Waals surface area contributed by atoms with Crippen molar-refractivity contribution in [2.75, 3.05) is 11.9 Å². The molecule has 2 aromatic carbocycles. The minimum absolute atomic E-state index is 0.130. The fourth-order valence-corrected chi connectivity index (χ4v) is 4.00. The molecule has 1 saturated heterocycles. The summed E-state index contributed by atoms with van der Waals surface area (Å²) in [5.41, 5.74) is 0.170. The molecule has 9 nitrogen and oxygen atoms in total. The molecule has 2 heterocycles. The maximum Gasteiger partial charge on any atom is 0.262 e. The van der Waals surface area contributed by atoms with E-state index in [1.54, 1.807) is 26.0 Å². The Morgan fingerprint density at radius 1 is 1.18 bits per heavy atom. The Kier molecular flexibility index (Phi) is 6.06. The first-order chi connectivity index (χ1) is 15.8. The number of imide groups is 1. The van der Waals surface area contributed by atoms with Gasteiger partial charge in [0.25, 0.3) is 11.5 Å². The summed E-state index contributed by atoms with van der Waals surface area (Å²) in [4.78, 5) is 54.3. The van der Waals surface area contributed by atoms with Gasteiger partial charge in [-0.05, 0) is 44.0 Å². The molecule has 0 radical (unpaired) electrons. The van der Waals surface area contributed by atoms with E-state index in [-0.39, 0.29) is 36.6 Å². The molecule has 33 heavy (non-hydrogen) atoms. The van der Waals surface area contributed by atoms with Crippen molar-refractivity contribution in [3.8, 4) is 0 Å². The quantitative estimate of drug-likeness (QED) is 0.557. The van der Waals surface area contributed by atoms with Crippen molar-refractivity contribution in [1.29, 1.82) is 0 Å². The number of hydrogen-bond acceptors (Lipinski definition) is 6. The summed E-state index contributed by atoms with van der Waals surface area (Å²) in [5, 5.41) is 5.28. The van der Waals surface area contributed by atoms with Crippen LogP contribution in [0.3, 0.4) is 0 Å². The number of carbonyl (C=O) groups is 3. The molecule has 0 bridgehead atoms. The fraction of sp³-hybridized carbons (Fsp3) is 0.292. The Hall–Kier alpha value is -3.85. The van der Waals surface area contributed by atoms with Crippen LogP contribution in [-0.2, 0) is 31.3 Å². The van der Waals surface area contributed by atoms with E-state index in [9.17, 15) is 19.2 Å². The maximum absolute atomic E-state index is 13.4. The second-order valence-electron chi connectivity index (χ2n) is 8.21. The van der Waals surface area contributed by atoms with E-state index in [4.69, 9.17) is 4.74 Å². The SMILES string of the molecule is Cc1nc2ccc(NC(=O)COCc3ccccc3)cc2c(=O)n1[C@@]1(C)CCC(=O)NC1=O. The van der Waals surface area contributed by atoms with Gasteiger partial charge in [0.05, 0.1) is 17.5 Å². The number of hydrogen-bond donors (Lipinski definition) is 2. The number of amides is 3. The second-order valence-corrected chi connectivity index (χ2v) is 8.21. The largest absolute Gasteiger partial charge is 0.367 e. The average Bonchev–Trinajstić information content (AvgIpc) is 2.78. The van der Waals surface area contributed by atoms with E-state index in [2.05, 4.69) is 15.6 Å². The van der Waals surface area contributed by atoms with Gasteiger partial charge >= 0.3 is 0 Å². The maximum atomic E-state index is 13.4. The number of ether oxygens (including phenoxy) is 1. The number of anilines is 1. The first kappa shape index (κ1) is 22.3. The standard InChI is InChI=1S/C24H24N4O5/c1-15-25-19-9-8-17(26-21(30)14-33-13-16-6-4-3-5-7-16)12-18(19)22(31)28(15)24(2)11-10-20(29)27-23(24)32/h3-9,12H,10-11,13-14H2,1-2H3,(H,26,30)(H,27,29,32)/t24-/m0/s1. The Balaban J connectivity index is 1.55. The summed E-state index contributed by atoms with van der Waals surface area (Å²) in [7, 11) is 0. The van der Waals surface area contributed by atoms with Crippen molar-refractivity contribution >= 4 is 34.3 Å². The molecule has 1 fully saturated rings. The normalized spacial score (nSPS) is 18.2. The lowest BCUT2D eigenvalue weighted by atomic mass is 9.90. The van der Waals surface area contributed by atoms with E-state index in [0.29, 0.717) is 23.6 Å². The summed E-state index contributed by atoms with van der Waals surface area (Å²) in [6.45, 7) is 3.43. The molecule has 0 unspecified atom stereocenters. The third-order valence-corrected chi connectivity index (χ3v) is 5.74. The van der Waals surface area contributed by atoms with E-state index in [1.165, 1.54) is 10.6 Å². The molecule has 9 heteroatoms. The average molecular weight is 448 g/mol. The predicted molar refractivity (Wildman–Crippen MR) is 121 cm³/mol. The van der Waals surface area contributed by atoms with Gasteiger partial charge in [0, 0.05) is 12.1 Å². The van der Waals surface area contributed by atoms with Crippen LogP contribution >= 0.6 is 0 Å². The van der Waals surface area contributed by atoms with Crippen molar-refractivity contribution in [3.05, 3.63) is 70.3 Å². The molecule has 3 aromatic rings. The molecular formula is C24H24N4O5. The lowest BCUT2D eigenvalue weighted by molar-refractivity contribution is -0.140. The Morgan fingerprint density at radius 3 is 2.67 bits per heavy atom. The highest BCUT2D eigenvalue weighted by Crippen LogP contribution is 2.27. The van der Waals surface area contributed by atoms with E-state index in [0.717, 1.165) is 5.56 Å². The number of aromatic nitrogens is 2. The molecule has 1 atom stereocenters. The van der Waals surface area contributed by atoms with E-state index >= 15 is 0 Å². The molecule has 2 N–H and O–H groups in total. The van der Waals surface area contributed by atoms with Crippen LogP contribution in [0.2, 0.25) is 0 Å². The highest BCUT2D eigenvalue weighted by molar-refractivity contribution is 6.01. The number of benzene rings is 2. The monoisotopic (exact) mass is 448 g/mol. The van der Waals surface area contributed by atoms with Gasteiger partial charge in [-0.3, -0.25) is 29.1 Å². The first-order valence-corrected chi connectivity index (χ1v) is 10.6. The minimum Gasteiger partial charge on any atom is -0.367 e. The Bertz CT molecular complexity index is 1300. The number of nitrogens with zero attached hydrogens (tertiary/aromatic N) is 2. The van der Waals surface area contributed by atoms with Gasteiger partial charge in [0.15, 0.2) is 0 Å². The van der Waals surface area contributed by atoms with E-state index < -0.39 is 17.0 Å². The third-order valence-electron chi connectivity index (χ3n) is 5.74. The van der Waals surface area contributed by atoms with Crippen molar-refractivity contribution in [1.82, 2.24) is 14.9 Å². The van der Waals surface area contributed by atoms with Gasteiger partial charge in [-0.15, -0.1) is 0 Å². The van der Waals surface area contributed by atoms with Crippen LogP contribution < -0.4 is 16.2 Å². The van der Waals surface area contributed by atoms with Crippen LogP contribution in [0, 0.1) is 6.92 Å². The molecule has 4 rings (SSSR count). The molecular weight excluding hydrogens is 424 g/mol. The van der Waals surface area contributed by atoms with Gasteiger partial charge in [-0.1, -0.05) is 30.3 Å². The zero-order valence-electron chi connectivity index (χ0n) is 18.4. The lowest BCUT2D eigenvalue weighted by Gasteiger charge is -2.34. The molecule has 3 amide bonds. The van der Waals surface area contributed by atoms with Crippen LogP contribution in [-0.4, -0.2) is 33.9 Å². The third kappa shape index (κ3) is 4.54. The summed E-state index contributed by atoms with van der Waals surface area (Å²) >= 11 is 0. The molecule has 0 saturated carbocycles. The second kappa shape index (κ2) is 8.95. The van der Waals surface area contributed by atoms with Crippen molar-refractivity contribution in [3.63, 3.8) is 0 Å². The van der Waals surface area contributed by atoms with Gasteiger partial charge in [-0.2, -0.15) is 0 Å². The van der Waals surface area contributed by atoms with Gasteiger partial charge in [-0.25, -0.2) is 4.98 Å². The number of aryl methyl sites for hydroxylation is 1. The van der Waals surface area contributed by atoms with Crippen LogP contribution in [0.25, 0.3) is 10.9 Å². The zero-order valence-corrected chi connectivity index (χ0v) is 18.4. The number of carbonyl (C=O) groups excluding carboxylic acids is 3. The molecule has 170 valence electrons. The number of rotatable bonds is 6. The summed E-state index contributed by atoms with van der Waals surface area (Å²) in [5.74, 6) is -0.894. The molecule has 0 spiro atoms. The van der Waals surface area contributed by atoms with Gasteiger partial charge in [0.1, 0.15) is 18.0 Å². The fourth-order valence-electron chi connectivity index (χ4n) is 4.00. The van der Waals surface area contributed by atoms with Crippen LogP contribution in [0.1, 0.15) is 31.2 Å². The number of nitrogens with one attached hydrogen (secondary N) is 2. The van der Waals surface area contributed by atoms with Crippen molar-refractivity contribution < 1.29 is 19.1 Å². The van der Waals surface area contributed by atoms with Crippen molar-refractivity contribution in [2.24, 2.45) is 0 Å². The lowest BCUT2D eigenvalue weighted by Crippen LogP contribution is -2.56. The molecule has 1 aliphatic heterocycles. The van der Waals surface area contributed by atoms with Crippen LogP contribution in [0.15, 0.2) is 53.3 Å². The summed E-state index contributed by atoms with van der Waals surface area (Å²) in [6.07, 6.45) is 0.325. The smallest absolute Gasteiger partial charge is 0.262 e. The highest BCUT2D eigenvalue weighted by Gasteiger charge is 2.42. The molecule has 1 aliphatic rings. The van der Waals surface area contributed by atoms with E-state index in [1.807, 2.05) is 30.3 Å².